The highest BCUT2D eigenvalue weighted by Crippen LogP contribution is 2.52. The highest BCUT2D eigenvalue weighted by Gasteiger charge is 2.45. The molecule has 9 aromatic rings. The van der Waals surface area contributed by atoms with Crippen LogP contribution in [0.3, 0.4) is 0 Å². The Hall–Kier alpha value is -7.50. The van der Waals surface area contributed by atoms with Gasteiger partial charge in [-0.05, 0) is 191 Å². The van der Waals surface area contributed by atoms with Crippen LogP contribution in [0.2, 0.25) is 0 Å². The van der Waals surface area contributed by atoms with Crippen LogP contribution in [-0.2, 0) is 21.7 Å². The lowest BCUT2D eigenvalue weighted by molar-refractivity contribution is 0.444. The Kier molecular flexibility index (Phi) is 13.5. The van der Waals surface area contributed by atoms with Gasteiger partial charge < -0.3 is 9.80 Å². The highest BCUT2D eigenvalue weighted by atomic mass is 19.1. The predicted molar refractivity (Wildman–Crippen MR) is 343 cm³/mol. The second kappa shape index (κ2) is 20.2. The zero-order valence-electron chi connectivity index (χ0n) is 49.7. The first kappa shape index (κ1) is 54.1. The third-order valence-electron chi connectivity index (χ3n) is 17.8. The number of rotatable bonds is 7. The van der Waals surface area contributed by atoms with E-state index in [1.165, 1.54) is 75.8 Å². The van der Waals surface area contributed by atoms with Gasteiger partial charge in [-0.2, -0.15) is 0 Å². The summed E-state index contributed by atoms with van der Waals surface area (Å²) in [5.74, 6) is -0.151. The van der Waals surface area contributed by atoms with Crippen LogP contribution in [-0.4, -0.2) is 6.71 Å². The van der Waals surface area contributed by atoms with Crippen molar-refractivity contribution in [2.75, 3.05) is 9.80 Å². The summed E-state index contributed by atoms with van der Waals surface area (Å²) < 4.78 is 30.8. The molecule has 9 aromatic carbocycles. The zero-order valence-corrected chi connectivity index (χ0v) is 49.7. The van der Waals surface area contributed by atoms with E-state index in [0.717, 1.165) is 91.3 Å². The van der Waals surface area contributed by atoms with E-state index in [2.05, 4.69) is 226 Å². The molecule has 3 aliphatic rings. The molecule has 81 heavy (non-hydrogen) atoms. The van der Waals surface area contributed by atoms with Crippen molar-refractivity contribution in [3.8, 4) is 44.5 Å². The van der Waals surface area contributed by atoms with Crippen LogP contribution < -0.4 is 26.2 Å². The van der Waals surface area contributed by atoms with Crippen LogP contribution >= 0.6 is 0 Å². The molecule has 0 atom stereocenters. The number of fused-ring (bicyclic) bond motifs is 4. The molecule has 408 valence electrons. The molecule has 0 radical (unpaired) electrons. The number of benzene rings is 9. The molecule has 2 nitrogen and oxygen atoms in total. The Balaban J connectivity index is 1.22. The Morgan fingerprint density at radius 2 is 0.704 bits per heavy atom. The third-order valence-corrected chi connectivity index (χ3v) is 17.8. The lowest BCUT2D eigenvalue weighted by Crippen LogP contribution is -2.61. The summed E-state index contributed by atoms with van der Waals surface area (Å²) in [5, 5.41) is 0. The first-order valence-corrected chi connectivity index (χ1v) is 29.6. The normalized spacial score (nSPS) is 14.7. The smallest absolute Gasteiger partial charge is 0.252 e. The van der Waals surface area contributed by atoms with Gasteiger partial charge in [0.2, 0.25) is 0 Å². The molecular formula is C76H77BF2N2. The van der Waals surface area contributed by atoms with E-state index in [9.17, 15) is 0 Å². The lowest BCUT2D eigenvalue weighted by atomic mass is 9.33. The monoisotopic (exact) mass is 1070 g/mol. The topological polar surface area (TPSA) is 6.48 Å². The average Bonchev–Trinajstić information content (AvgIpc) is 3.61. The van der Waals surface area contributed by atoms with Crippen molar-refractivity contribution in [1.29, 1.82) is 0 Å². The fourth-order valence-electron chi connectivity index (χ4n) is 13.1. The summed E-state index contributed by atoms with van der Waals surface area (Å²) in [6.07, 6.45) is 5.94. The van der Waals surface area contributed by atoms with Crippen molar-refractivity contribution in [3.05, 3.63) is 221 Å². The Bertz CT molecular complexity index is 3630. The van der Waals surface area contributed by atoms with E-state index in [1.54, 1.807) is 12.1 Å². The molecule has 0 saturated heterocycles. The second-order valence-corrected chi connectivity index (χ2v) is 27.6. The van der Waals surface area contributed by atoms with E-state index in [1.807, 2.05) is 24.3 Å². The summed E-state index contributed by atoms with van der Waals surface area (Å²) in [6, 6.07) is 65.6. The summed E-state index contributed by atoms with van der Waals surface area (Å²) >= 11 is 0. The van der Waals surface area contributed by atoms with Gasteiger partial charge in [0.25, 0.3) is 6.71 Å². The van der Waals surface area contributed by atoms with Crippen LogP contribution in [0.25, 0.3) is 44.5 Å². The molecule has 12 rings (SSSR count). The van der Waals surface area contributed by atoms with Crippen LogP contribution in [0.15, 0.2) is 182 Å². The molecule has 0 spiro atoms. The van der Waals surface area contributed by atoms with Crippen molar-refractivity contribution < 1.29 is 8.78 Å². The molecule has 2 aliphatic heterocycles. The van der Waals surface area contributed by atoms with Crippen molar-refractivity contribution in [3.63, 3.8) is 0 Å². The molecule has 2 heterocycles. The Morgan fingerprint density at radius 3 is 1.09 bits per heavy atom. The molecule has 0 bridgehead atoms. The Morgan fingerprint density at radius 1 is 0.346 bits per heavy atom. The van der Waals surface area contributed by atoms with Crippen molar-refractivity contribution in [2.45, 2.75) is 143 Å². The van der Waals surface area contributed by atoms with Crippen LogP contribution in [0.5, 0.6) is 0 Å². The van der Waals surface area contributed by atoms with Gasteiger partial charge in [0, 0.05) is 33.9 Å². The summed E-state index contributed by atoms with van der Waals surface area (Å²) in [7, 11) is 0. The van der Waals surface area contributed by atoms with E-state index in [-0.39, 0.29) is 40.0 Å². The fraction of sp³-hybridized carbons (Fsp3) is 0.289. The molecule has 0 N–H and O–H groups in total. The van der Waals surface area contributed by atoms with E-state index in [0.29, 0.717) is 5.92 Å². The molecule has 0 unspecified atom stereocenters. The number of hydrogen-bond acceptors (Lipinski definition) is 2. The Labute approximate surface area is 482 Å². The molecular weight excluding hydrogens is 990 g/mol. The minimum Gasteiger partial charge on any atom is -0.311 e. The largest absolute Gasteiger partial charge is 0.311 e. The van der Waals surface area contributed by atoms with Gasteiger partial charge in [0.1, 0.15) is 11.6 Å². The third kappa shape index (κ3) is 10.1. The first-order valence-electron chi connectivity index (χ1n) is 29.6. The van der Waals surface area contributed by atoms with E-state index in [4.69, 9.17) is 0 Å². The molecule has 0 aromatic heterocycles. The maximum atomic E-state index is 15.4. The van der Waals surface area contributed by atoms with Gasteiger partial charge in [0.15, 0.2) is 0 Å². The summed E-state index contributed by atoms with van der Waals surface area (Å²) in [6.45, 7) is 27.2. The molecule has 1 saturated carbocycles. The molecule has 0 amide bonds. The van der Waals surface area contributed by atoms with Crippen molar-refractivity contribution in [2.24, 2.45) is 0 Å². The lowest BCUT2D eigenvalue weighted by Gasteiger charge is -2.46. The average molecular weight is 1070 g/mol. The zero-order chi connectivity index (χ0) is 56.9. The number of anilines is 6. The maximum absolute atomic E-state index is 15.4. The molecule has 5 heteroatoms. The number of hydrogen-bond donors (Lipinski definition) is 0. The van der Waals surface area contributed by atoms with Gasteiger partial charge in [-0.3, -0.25) is 0 Å². The number of nitrogens with zero attached hydrogens (tertiary/aromatic N) is 2. The van der Waals surface area contributed by atoms with Crippen molar-refractivity contribution in [1.82, 2.24) is 0 Å². The SMILES string of the molecule is CC(C)(C)c1ccc(-c2cc(C(C)(C)C)ccc2N2c3ccc(-c4cccc(F)c4)cc3B3c4cc(-c5cccc(F)c5)ccc4N(c4ccc(C(C)(C)C)cc4-c4ccc(C(C)(C)C)cc4)c4cc(C5CCCCC5)cc2c43)cc1. The summed E-state index contributed by atoms with van der Waals surface area (Å²) in [5.41, 5.74) is 24.6. The molecule has 1 fully saturated rings. The van der Waals surface area contributed by atoms with Gasteiger partial charge in [0.05, 0.1) is 11.4 Å². The van der Waals surface area contributed by atoms with Gasteiger partial charge in [-0.1, -0.05) is 212 Å². The van der Waals surface area contributed by atoms with E-state index < -0.39 is 0 Å². The maximum Gasteiger partial charge on any atom is 0.252 e. The predicted octanol–water partition coefficient (Wildman–Crippen LogP) is 20.0. The fourth-order valence-corrected chi connectivity index (χ4v) is 13.1. The summed E-state index contributed by atoms with van der Waals surface area (Å²) in [4.78, 5) is 5.17. The second-order valence-electron chi connectivity index (χ2n) is 27.6. The minimum atomic E-state index is -0.268. The number of halogens is 2. The van der Waals surface area contributed by atoms with Gasteiger partial charge in [-0.15, -0.1) is 0 Å². The first-order chi connectivity index (χ1) is 38.5. The van der Waals surface area contributed by atoms with Crippen LogP contribution in [0.4, 0.5) is 42.9 Å². The quantitative estimate of drug-likeness (QED) is 0.147. The van der Waals surface area contributed by atoms with Crippen LogP contribution in [0, 0.1) is 11.6 Å². The molecule has 1 aliphatic carbocycles. The standard InChI is InChI=1S/C76H77BF2N2/c1-73(2,3)56-30-24-49(25-31-56)62-46-58(75(7,8)9)34-38-66(62)80-68-36-28-53(51-20-16-22-60(78)40-51)42-64(68)77-65-43-54(52-21-17-23-61(79)41-52)29-37-69(65)81(71-45-55(44-70(80)72(71)77)48-18-14-13-15-19-48)67-39-35-59(76(10,11)12)47-63(67)50-26-32-57(33-27-50)74(4,5)6/h16-17,20-48H,13-15,18-19H2,1-12H3. The van der Waals surface area contributed by atoms with Crippen molar-refractivity contribution >= 4 is 57.2 Å². The van der Waals surface area contributed by atoms with Crippen LogP contribution in [0.1, 0.15) is 149 Å². The highest BCUT2D eigenvalue weighted by molar-refractivity contribution is 7.00. The van der Waals surface area contributed by atoms with Gasteiger partial charge >= 0.3 is 0 Å². The minimum absolute atomic E-state index is 0.00699. The van der Waals surface area contributed by atoms with E-state index >= 15 is 8.78 Å². The van der Waals surface area contributed by atoms with Gasteiger partial charge in [-0.25, -0.2) is 8.78 Å².